The van der Waals surface area contributed by atoms with E-state index in [-0.39, 0.29) is 5.25 Å². The van der Waals surface area contributed by atoms with Crippen molar-refractivity contribution < 1.29 is 8.42 Å². The van der Waals surface area contributed by atoms with Crippen LogP contribution in [0.25, 0.3) is 22.6 Å². The van der Waals surface area contributed by atoms with E-state index in [0.29, 0.717) is 41.9 Å². The molecular formula is C31H40N10O2S. The molecule has 0 bridgehead atoms. The first-order valence-corrected chi connectivity index (χ1v) is 17.2. The molecule has 0 spiro atoms. The minimum Gasteiger partial charge on any atom is -0.382 e. The Kier molecular flexibility index (Phi) is 7.83. The lowest BCUT2D eigenvalue weighted by atomic mass is 9.85. The Morgan fingerprint density at radius 3 is 2.61 bits per heavy atom. The summed E-state index contributed by atoms with van der Waals surface area (Å²) in [6.45, 7) is 2.10. The molecule has 2 aliphatic carbocycles. The number of nitrogens with one attached hydrogen (secondary N) is 2. The molecule has 3 aliphatic rings. The van der Waals surface area contributed by atoms with Crippen LogP contribution in [0.4, 0.5) is 17.3 Å². The van der Waals surface area contributed by atoms with Crippen LogP contribution in [0.5, 0.6) is 0 Å². The van der Waals surface area contributed by atoms with Crippen molar-refractivity contribution in [3.8, 4) is 22.6 Å². The highest BCUT2D eigenvalue weighted by Crippen LogP contribution is 2.35. The van der Waals surface area contributed by atoms with E-state index in [0.717, 1.165) is 65.7 Å². The maximum atomic E-state index is 12.6. The van der Waals surface area contributed by atoms with Gasteiger partial charge in [0.1, 0.15) is 11.6 Å². The molecule has 0 aromatic carbocycles. The molecule has 44 heavy (non-hydrogen) atoms. The average Bonchev–Trinajstić information content (AvgIpc) is 3.60. The van der Waals surface area contributed by atoms with Gasteiger partial charge in [0.05, 0.1) is 28.9 Å². The van der Waals surface area contributed by atoms with Gasteiger partial charge in [-0.3, -0.25) is 4.68 Å². The summed E-state index contributed by atoms with van der Waals surface area (Å²) in [7, 11) is 0.848. The van der Waals surface area contributed by atoms with E-state index in [1.807, 2.05) is 12.3 Å². The molecule has 0 amide bonds. The van der Waals surface area contributed by atoms with Crippen molar-refractivity contribution in [3.05, 3.63) is 48.7 Å². The monoisotopic (exact) mass is 616 g/mol. The van der Waals surface area contributed by atoms with Gasteiger partial charge in [-0.1, -0.05) is 0 Å². The van der Waals surface area contributed by atoms with E-state index >= 15 is 0 Å². The molecule has 232 valence electrons. The highest BCUT2D eigenvalue weighted by molar-refractivity contribution is 7.90. The Labute approximate surface area is 258 Å². The number of pyridine rings is 1. The van der Waals surface area contributed by atoms with Crippen LogP contribution in [0, 0.1) is 5.92 Å². The maximum Gasteiger partial charge on any atom is 0.256 e. The number of aromatic nitrogens is 7. The molecule has 2 fully saturated rings. The minimum atomic E-state index is -3.46. The van der Waals surface area contributed by atoms with Crippen molar-refractivity contribution in [1.29, 1.82) is 0 Å². The molecule has 0 unspecified atom stereocenters. The third-order valence-corrected chi connectivity index (χ3v) is 10.9. The summed E-state index contributed by atoms with van der Waals surface area (Å²) < 4.78 is 28.4. The van der Waals surface area contributed by atoms with Gasteiger partial charge in [-0.25, -0.2) is 23.4 Å². The Morgan fingerprint density at radius 1 is 1.00 bits per heavy atom. The standard InChI is InChI=1S/C31H40N10O2S/c1-39(2)19-21-6-8-23(9-7-21)35-27-16-30(33-18-26(27)28-15-24-5-3-4-14-40(24)38-28)36-29-12-13-32-31(37-29)22-17-34-41(20-22)44(42,43)25-10-11-25/h12-13,15-18,20-21,23,25H,3-11,14,19H2,1-2H3,(H2,32,33,35,36,37). The zero-order valence-electron chi connectivity index (χ0n) is 25.4. The van der Waals surface area contributed by atoms with Crippen LogP contribution in [0.1, 0.15) is 57.1 Å². The zero-order chi connectivity index (χ0) is 30.3. The van der Waals surface area contributed by atoms with Gasteiger partial charge in [-0.05, 0) is 89.9 Å². The van der Waals surface area contributed by atoms with E-state index in [2.05, 4.69) is 55.4 Å². The molecule has 13 heteroatoms. The lowest BCUT2D eigenvalue weighted by Gasteiger charge is -2.31. The molecule has 0 saturated heterocycles. The molecule has 1 aliphatic heterocycles. The third kappa shape index (κ3) is 6.20. The molecule has 0 atom stereocenters. The van der Waals surface area contributed by atoms with Crippen LogP contribution < -0.4 is 10.6 Å². The van der Waals surface area contributed by atoms with Gasteiger partial charge in [0.2, 0.25) is 0 Å². The van der Waals surface area contributed by atoms with E-state index < -0.39 is 10.0 Å². The van der Waals surface area contributed by atoms with Gasteiger partial charge in [-0.15, -0.1) is 0 Å². The Bertz CT molecular complexity index is 1710. The smallest absolute Gasteiger partial charge is 0.256 e. The lowest BCUT2D eigenvalue weighted by molar-refractivity contribution is 0.255. The molecule has 0 radical (unpaired) electrons. The lowest BCUT2D eigenvalue weighted by Crippen LogP contribution is -2.31. The van der Waals surface area contributed by atoms with Crippen molar-refractivity contribution in [3.63, 3.8) is 0 Å². The summed E-state index contributed by atoms with van der Waals surface area (Å²) >= 11 is 0. The highest BCUT2D eigenvalue weighted by atomic mass is 32.2. The first kappa shape index (κ1) is 28.9. The molecule has 4 aromatic rings. The van der Waals surface area contributed by atoms with Gasteiger partial charge < -0.3 is 15.5 Å². The number of hydrogen-bond donors (Lipinski definition) is 2. The van der Waals surface area contributed by atoms with Gasteiger partial charge in [0.15, 0.2) is 5.82 Å². The second-order valence-electron chi connectivity index (χ2n) is 12.7. The molecule has 2 saturated carbocycles. The van der Waals surface area contributed by atoms with Crippen molar-refractivity contribution >= 4 is 27.3 Å². The SMILES string of the molecule is CN(C)CC1CCC(Nc2cc(Nc3ccnc(-c4cnn(S(=O)(=O)C5CC5)c4)n3)ncc2-c2cc3n(n2)CCCC3)CC1. The van der Waals surface area contributed by atoms with Crippen LogP contribution in [-0.2, 0) is 23.0 Å². The predicted octanol–water partition coefficient (Wildman–Crippen LogP) is 4.55. The molecule has 5 heterocycles. The van der Waals surface area contributed by atoms with Crippen LogP contribution in [0.2, 0.25) is 0 Å². The van der Waals surface area contributed by atoms with Gasteiger partial charge in [0.25, 0.3) is 10.0 Å². The fraction of sp³-hybridized carbons (Fsp3) is 0.516. The molecular weight excluding hydrogens is 576 g/mol. The van der Waals surface area contributed by atoms with Crippen molar-refractivity contribution in [2.24, 2.45) is 5.92 Å². The number of anilines is 3. The van der Waals surface area contributed by atoms with Gasteiger partial charge >= 0.3 is 0 Å². The second kappa shape index (κ2) is 11.9. The largest absolute Gasteiger partial charge is 0.382 e. The quantitative estimate of drug-likeness (QED) is 0.261. The Hall–Kier alpha value is -3.84. The van der Waals surface area contributed by atoms with Crippen LogP contribution >= 0.6 is 0 Å². The van der Waals surface area contributed by atoms with Gasteiger partial charge in [0, 0.05) is 54.5 Å². The van der Waals surface area contributed by atoms with Crippen LogP contribution in [0.15, 0.2) is 43.0 Å². The summed E-state index contributed by atoms with van der Waals surface area (Å²) in [5.74, 6) is 2.34. The summed E-state index contributed by atoms with van der Waals surface area (Å²) in [6.07, 6.45) is 16.0. The maximum absolute atomic E-state index is 12.6. The number of fused-ring (bicyclic) bond motifs is 1. The zero-order valence-corrected chi connectivity index (χ0v) is 26.2. The number of rotatable bonds is 10. The van der Waals surface area contributed by atoms with E-state index in [9.17, 15) is 8.42 Å². The van der Waals surface area contributed by atoms with E-state index in [1.54, 1.807) is 12.3 Å². The molecule has 2 N–H and O–H groups in total. The fourth-order valence-corrected chi connectivity index (χ4v) is 7.88. The number of hydrogen-bond acceptors (Lipinski definition) is 10. The first-order valence-electron chi connectivity index (χ1n) is 15.7. The first-order chi connectivity index (χ1) is 21.3. The second-order valence-corrected chi connectivity index (χ2v) is 14.7. The Morgan fingerprint density at radius 2 is 1.84 bits per heavy atom. The third-order valence-electron chi connectivity index (χ3n) is 8.86. The Balaban J connectivity index is 1.13. The number of nitrogens with zero attached hydrogens (tertiary/aromatic N) is 8. The topological polar surface area (TPSA) is 136 Å². The van der Waals surface area contributed by atoms with E-state index in [4.69, 9.17) is 10.1 Å². The molecule has 7 rings (SSSR count). The van der Waals surface area contributed by atoms with Crippen molar-refractivity contribution in [2.45, 2.75) is 75.6 Å². The normalized spacial score (nSPS) is 20.4. The number of aryl methyl sites for hydroxylation is 2. The molecule has 4 aromatic heterocycles. The van der Waals surface area contributed by atoms with E-state index in [1.165, 1.54) is 37.4 Å². The van der Waals surface area contributed by atoms with Gasteiger partial charge in [-0.2, -0.15) is 14.3 Å². The average molecular weight is 617 g/mol. The van der Waals surface area contributed by atoms with Crippen molar-refractivity contribution in [2.75, 3.05) is 31.3 Å². The summed E-state index contributed by atoms with van der Waals surface area (Å²) in [5, 5.41) is 15.9. The summed E-state index contributed by atoms with van der Waals surface area (Å²) in [4.78, 5) is 16.1. The fourth-order valence-electron chi connectivity index (χ4n) is 6.40. The van der Waals surface area contributed by atoms with Crippen LogP contribution in [0.3, 0.4) is 0 Å². The van der Waals surface area contributed by atoms with Crippen LogP contribution in [-0.4, -0.2) is 79.2 Å². The summed E-state index contributed by atoms with van der Waals surface area (Å²) in [5.41, 5.74) is 4.78. The highest BCUT2D eigenvalue weighted by Gasteiger charge is 2.37. The summed E-state index contributed by atoms with van der Waals surface area (Å²) in [6, 6.07) is 6.41. The predicted molar refractivity (Wildman–Crippen MR) is 170 cm³/mol. The molecule has 12 nitrogen and oxygen atoms in total. The van der Waals surface area contributed by atoms with Crippen molar-refractivity contribution in [1.82, 2.24) is 38.8 Å². The minimum absolute atomic E-state index is 0.346.